The summed E-state index contributed by atoms with van der Waals surface area (Å²) in [6.45, 7) is 2.92. The van der Waals surface area contributed by atoms with E-state index in [9.17, 15) is 9.18 Å². The maximum absolute atomic E-state index is 13.2. The van der Waals surface area contributed by atoms with Crippen molar-refractivity contribution in [1.82, 2.24) is 14.9 Å². The summed E-state index contributed by atoms with van der Waals surface area (Å²) in [5.74, 6) is 2.18. The lowest BCUT2D eigenvalue weighted by Crippen LogP contribution is -2.41. The van der Waals surface area contributed by atoms with E-state index in [1.165, 1.54) is 55.6 Å². The van der Waals surface area contributed by atoms with Crippen LogP contribution in [0, 0.1) is 17.7 Å². The zero-order valence-electron chi connectivity index (χ0n) is 15.8. The lowest BCUT2D eigenvalue weighted by Gasteiger charge is -2.41. The van der Waals surface area contributed by atoms with E-state index in [1.807, 2.05) is 5.38 Å². The number of H-pyrrole nitrogens is 1. The maximum atomic E-state index is 13.2. The molecule has 2 fully saturated rings. The first-order chi connectivity index (χ1) is 13.7. The molecular formula is C22H24FN3OS. The molecule has 5 rings (SSSR count). The number of piperidine rings is 1. The Morgan fingerprint density at radius 2 is 1.93 bits per heavy atom. The van der Waals surface area contributed by atoms with Crippen molar-refractivity contribution in [3.05, 3.63) is 51.6 Å². The van der Waals surface area contributed by atoms with Crippen LogP contribution in [0.15, 0.2) is 34.4 Å². The van der Waals surface area contributed by atoms with Gasteiger partial charge in [-0.2, -0.15) is 0 Å². The lowest BCUT2D eigenvalue weighted by atomic mass is 9.75. The molecule has 1 saturated heterocycles. The summed E-state index contributed by atoms with van der Waals surface area (Å²) < 4.78 is 13.2. The molecule has 0 amide bonds. The number of rotatable bonds is 3. The van der Waals surface area contributed by atoms with Crippen LogP contribution in [0.3, 0.4) is 0 Å². The number of hydrogen-bond acceptors (Lipinski definition) is 4. The molecule has 1 aliphatic carbocycles. The standard InChI is InChI=1S/C22H24FN3OS/c23-17-7-5-15(6-8-17)18-13-28-22-20(18)21(27)24-19(25-22)12-26-10-9-14-3-1-2-4-16(14)11-26/h5-8,13-14,16H,1-4,9-12H2,(H,24,25,27). The zero-order valence-corrected chi connectivity index (χ0v) is 16.6. The number of halogens is 1. The van der Waals surface area contributed by atoms with Crippen molar-refractivity contribution in [1.29, 1.82) is 0 Å². The molecule has 1 saturated carbocycles. The number of aromatic amines is 1. The van der Waals surface area contributed by atoms with Crippen molar-refractivity contribution in [2.45, 2.75) is 38.6 Å². The molecule has 3 aromatic rings. The third-order valence-corrected chi connectivity index (χ3v) is 7.27. The van der Waals surface area contributed by atoms with Gasteiger partial charge < -0.3 is 4.98 Å². The Labute approximate surface area is 167 Å². The van der Waals surface area contributed by atoms with Crippen LogP contribution in [-0.4, -0.2) is 28.0 Å². The van der Waals surface area contributed by atoms with Gasteiger partial charge in [0.1, 0.15) is 16.5 Å². The second-order valence-corrected chi connectivity index (χ2v) is 9.04. The number of aromatic nitrogens is 2. The number of benzene rings is 1. The molecule has 0 bridgehead atoms. The minimum absolute atomic E-state index is 0.104. The highest BCUT2D eigenvalue weighted by molar-refractivity contribution is 7.17. The molecule has 2 aliphatic rings. The third-order valence-electron chi connectivity index (χ3n) is 6.40. The summed E-state index contributed by atoms with van der Waals surface area (Å²) in [5, 5.41) is 2.55. The summed E-state index contributed by atoms with van der Waals surface area (Å²) in [4.78, 5) is 23.8. The Morgan fingerprint density at radius 3 is 2.75 bits per heavy atom. The van der Waals surface area contributed by atoms with Gasteiger partial charge in [-0.3, -0.25) is 9.69 Å². The highest BCUT2D eigenvalue weighted by atomic mass is 32.1. The Kier molecular flexibility index (Phi) is 4.77. The van der Waals surface area contributed by atoms with Gasteiger partial charge in [0, 0.05) is 17.5 Å². The first-order valence-electron chi connectivity index (χ1n) is 10.2. The molecule has 2 atom stereocenters. The minimum Gasteiger partial charge on any atom is -0.309 e. The first-order valence-corrected chi connectivity index (χ1v) is 11.0. The summed E-state index contributed by atoms with van der Waals surface area (Å²) in [6.07, 6.45) is 6.75. The molecular weight excluding hydrogens is 373 g/mol. The van der Waals surface area contributed by atoms with E-state index >= 15 is 0 Å². The summed E-state index contributed by atoms with van der Waals surface area (Å²) in [5.41, 5.74) is 1.56. The number of nitrogens with zero attached hydrogens (tertiary/aromatic N) is 2. The van der Waals surface area contributed by atoms with Crippen LogP contribution in [0.25, 0.3) is 21.3 Å². The van der Waals surface area contributed by atoms with E-state index in [4.69, 9.17) is 4.98 Å². The Hall–Kier alpha value is -2.05. The predicted molar refractivity (Wildman–Crippen MR) is 111 cm³/mol. The smallest absolute Gasteiger partial charge is 0.260 e. The number of fused-ring (bicyclic) bond motifs is 2. The van der Waals surface area contributed by atoms with Gasteiger partial charge in [0.05, 0.1) is 11.9 Å². The van der Waals surface area contributed by atoms with Crippen LogP contribution < -0.4 is 5.56 Å². The minimum atomic E-state index is -0.278. The highest BCUT2D eigenvalue weighted by Gasteiger charge is 2.31. The van der Waals surface area contributed by atoms with Crippen LogP contribution in [0.4, 0.5) is 4.39 Å². The average molecular weight is 398 g/mol. The highest BCUT2D eigenvalue weighted by Crippen LogP contribution is 2.36. The molecule has 1 aromatic carbocycles. The SMILES string of the molecule is O=c1[nH]c(CN2CCC3CCCCC3C2)nc2scc(-c3ccc(F)cc3)c12. The second-order valence-electron chi connectivity index (χ2n) is 8.18. The quantitative estimate of drug-likeness (QED) is 0.690. The van der Waals surface area contributed by atoms with E-state index in [-0.39, 0.29) is 11.4 Å². The monoisotopic (exact) mass is 397 g/mol. The number of thiophene rings is 1. The van der Waals surface area contributed by atoms with Crippen molar-refractivity contribution in [2.24, 2.45) is 11.8 Å². The van der Waals surface area contributed by atoms with E-state index < -0.39 is 0 Å². The fraction of sp³-hybridized carbons (Fsp3) is 0.455. The largest absolute Gasteiger partial charge is 0.309 e. The van der Waals surface area contributed by atoms with Gasteiger partial charge in [0.15, 0.2) is 0 Å². The average Bonchev–Trinajstić information content (AvgIpc) is 3.13. The molecule has 2 aromatic heterocycles. The molecule has 0 radical (unpaired) electrons. The van der Waals surface area contributed by atoms with Crippen LogP contribution in [0.2, 0.25) is 0 Å². The molecule has 3 heterocycles. The van der Waals surface area contributed by atoms with Gasteiger partial charge in [-0.25, -0.2) is 9.37 Å². The molecule has 28 heavy (non-hydrogen) atoms. The first kappa shape index (κ1) is 18.0. The van der Waals surface area contributed by atoms with Crippen molar-refractivity contribution >= 4 is 21.6 Å². The number of likely N-dealkylation sites (tertiary alicyclic amines) is 1. The van der Waals surface area contributed by atoms with E-state index in [2.05, 4.69) is 9.88 Å². The number of hydrogen-bond donors (Lipinski definition) is 1. The fourth-order valence-electron chi connectivity index (χ4n) is 4.94. The van der Waals surface area contributed by atoms with Crippen molar-refractivity contribution in [2.75, 3.05) is 13.1 Å². The van der Waals surface area contributed by atoms with E-state index in [1.54, 1.807) is 12.1 Å². The van der Waals surface area contributed by atoms with Crippen molar-refractivity contribution in [3.63, 3.8) is 0 Å². The van der Waals surface area contributed by atoms with Gasteiger partial charge in [0.2, 0.25) is 0 Å². The fourth-order valence-corrected chi connectivity index (χ4v) is 5.91. The van der Waals surface area contributed by atoms with E-state index in [0.29, 0.717) is 11.9 Å². The molecule has 4 nitrogen and oxygen atoms in total. The predicted octanol–water partition coefficient (Wildman–Crippen LogP) is 4.80. The Bertz CT molecular complexity index is 1040. The van der Waals surface area contributed by atoms with Crippen molar-refractivity contribution < 1.29 is 4.39 Å². The Balaban J connectivity index is 1.40. The molecule has 2 unspecified atom stereocenters. The molecule has 1 aliphatic heterocycles. The van der Waals surface area contributed by atoms with Crippen LogP contribution in [0.1, 0.15) is 37.9 Å². The summed E-state index contributed by atoms with van der Waals surface area (Å²) >= 11 is 1.48. The van der Waals surface area contributed by atoms with Gasteiger partial charge >= 0.3 is 0 Å². The topological polar surface area (TPSA) is 49.0 Å². The number of nitrogens with one attached hydrogen (secondary N) is 1. The Morgan fingerprint density at radius 1 is 1.14 bits per heavy atom. The summed E-state index contributed by atoms with van der Waals surface area (Å²) in [6, 6.07) is 6.25. The maximum Gasteiger partial charge on any atom is 0.260 e. The lowest BCUT2D eigenvalue weighted by molar-refractivity contribution is 0.0803. The molecule has 6 heteroatoms. The second kappa shape index (κ2) is 7.41. The van der Waals surface area contributed by atoms with Crippen LogP contribution >= 0.6 is 11.3 Å². The summed E-state index contributed by atoms with van der Waals surface area (Å²) in [7, 11) is 0. The van der Waals surface area contributed by atoms with Gasteiger partial charge in [0.25, 0.3) is 5.56 Å². The third kappa shape index (κ3) is 3.40. The molecule has 1 N–H and O–H groups in total. The van der Waals surface area contributed by atoms with Gasteiger partial charge in [-0.1, -0.05) is 31.4 Å². The normalized spacial score (nSPS) is 23.0. The van der Waals surface area contributed by atoms with Crippen LogP contribution in [0.5, 0.6) is 0 Å². The van der Waals surface area contributed by atoms with Crippen LogP contribution in [-0.2, 0) is 6.54 Å². The van der Waals surface area contributed by atoms with Gasteiger partial charge in [-0.05, 0) is 48.9 Å². The van der Waals surface area contributed by atoms with E-state index in [0.717, 1.165) is 46.7 Å². The molecule has 0 spiro atoms. The van der Waals surface area contributed by atoms with Gasteiger partial charge in [-0.15, -0.1) is 11.3 Å². The zero-order chi connectivity index (χ0) is 19.1. The molecule has 146 valence electrons. The van der Waals surface area contributed by atoms with Crippen molar-refractivity contribution in [3.8, 4) is 11.1 Å².